The van der Waals surface area contributed by atoms with Crippen molar-refractivity contribution in [3.63, 3.8) is 0 Å². The van der Waals surface area contributed by atoms with Gasteiger partial charge in [0.05, 0.1) is 0 Å². The Morgan fingerprint density at radius 2 is 2.10 bits per heavy atom. The van der Waals surface area contributed by atoms with E-state index in [1.165, 1.54) is 24.1 Å². The zero-order chi connectivity index (χ0) is 7.56. The first-order chi connectivity index (χ1) is 4.72. The lowest BCUT2D eigenvalue weighted by molar-refractivity contribution is 0.516. The van der Waals surface area contributed by atoms with Crippen molar-refractivity contribution in [1.82, 2.24) is 4.90 Å². The zero-order valence-corrected chi connectivity index (χ0v) is 7.02. The molecule has 0 spiro atoms. The summed E-state index contributed by atoms with van der Waals surface area (Å²) in [5.41, 5.74) is 2.89. The lowest BCUT2D eigenvalue weighted by atomic mass is 10.0. The van der Waals surface area contributed by atoms with Crippen LogP contribution in [0.15, 0.2) is 23.4 Å². The molecule has 0 aromatic carbocycles. The third kappa shape index (κ3) is 1.41. The average molecular weight is 137 g/mol. The predicted molar refractivity (Wildman–Crippen MR) is 44.8 cm³/mol. The van der Waals surface area contributed by atoms with Crippen LogP contribution in [0.3, 0.4) is 0 Å². The van der Waals surface area contributed by atoms with Crippen LogP contribution in [0.2, 0.25) is 0 Å². The maximum atomic E-state index is 2.24. The maximum Gasteiger partial charge on any atom is 0.0346 e. The Labute approximate surface area is 63.0 Å². The molecule has 0 bridgehead atoms. The minimum Gasteiger partial charge on any atom is -0.378 e. The van der Waals surface area contributed by atoms with Crippen LogP contribution in [0.4, 0.5) is 0 Å². The standard InChI is InChI=1S/C9H15N/c1-8-6-4-5-7-9(8)10(2)3/h5,7H,4,6H2,1-3H3. The Morgan fingerprint density at radius 1 is 1.40 bits per heavy atom. The fourth-order valence-electron chi connectivity index (χ4n) is 1.30. The smallest absolute Gasteiger partial charge is 0.0346 e. The van der Waals surface area contributed by atoms with Crippen molar-refractivity contribution >= 4 is 0 Å². The van der Waals surface area contributed by atoms with Crippen molar-refractivity contribution in [2.75, 3.05) is 14.1 Å². The maximum absolute atomic E-state index is 2.24. The second-order valence-corrected chi connectivity index (χ2v) is 3.00. The van der Waals surface area contributed by atoms with E-state index in [1.54, 1.807) is 0 Å². The monoisotopic (exact) mass is 137 g/mol. The Balaban J connectivity index is 2.79. The Kier molecular flexibility index (Phi) is 2.15. The quantitative estimate of drug-likeness (QED) is 0.535. The van der Waals surface area contributed by atoms with Gasteiger partial charge in [0, 0.05) is 19.8 Å². The summed E-state index contributed by atoms with van der Waals surface area (Å²) in [6, 6.07) is 0. The summed E-state index contributed by atoms with van der Waals surface area (Å²) in [6.45, 7) is 2.21. The lowest BCUT2D eigenvalue weighted by Crippen LogP contribution is -2.12. The molecule has 10 heavy (non-hydrogen) atoms. The minimum atomic E-state index is 1.21. The molecule has 0 saturated carbocycles. The topological polar surface area (TPSA) is 3.24 Å². The van der Waals surface area contributed by atoms with Gasteiger partial charge >= 0.3 is 0 Å². The number of rotatable bonds is 1. The highest BCUT2D eigenvalue weighted by atomic mass is 15.1. The van der Waals surface area contributed by atoms with Gasteiger partial charge in [0.1, 0.15) is 0 Å². The van der Waals surface area contributed by atoms with Crippen LogP contribution in [0.1, 0.15) is 19.8 Å². The second kappa shape index (κ2) is 2.91. The van der Waals surface area contributed by atoms with E-state index in [0.717, 1.165) is 0 Å². The highest BCUT2D eigenvalue weighted by Crippen LogP contribution is 2.18. The molecule has 1 aliphatic rings. The molecule has 0 fully saturated rings. The van der Waals surface area contributed by atoms with Crippen molar-refractivity contribution in [2.24, 2.45) is 0 Å². The van der Waals surface area contributed by atoms with E-state index in [1.807, 2.05) is 0 Å². The summed E-state index contributed by atoms with van der Waals surface area (Å²) >= 11 is 0. The van der Waals surface area contributed by atoms with Crippen LogP contribution in [0, 0.1) is 0 Å². The summed E-state index contributed by atoms with van der Waals surface area (Å²) < 4.78 is 0. The molecule has 0 atom stereocenters. The largest absolute Gasteiger partial charge is 0.378 e. The predicted octanol–water partition coefficient (Wildman–Crippen LogP) is 2.17. The molecule has 0 aliphatic heterocycles. The van der Waals surface area contributed by atoms with E-state index in [4.69, 9.17) is 0 Å². The molecule has 0 radical (unpaired) electrons. The highest BCUT2D eigenvalue weighted by molar-refractivity contribution is 5.26. The van der Waals surface area contributed by atoms with Gasteiger partial charge in [-0.1, -0.05) is 6.08 Å². The van der Waals surface area contributed by atoms with Crippen LogP contribution in [0.25, 0.3) is 0 Å². The number of nitrogens with zero attached hydrogens (tertiary/aromatic N) is 1. The molecule has 0 saturated heterocycles. The van der Waals surface area contributed by atoms with Crippen LogP contribution in [0.5, 0.6) is 0 Å². The van der Waals surface area contributed by atoms with E-state index in [9.17, 15) is 0 Å². The molecule has 1 aliphatic carbocycles. The summed E-state index contributed by atoms with van der Waals surface area (Å²) in [5, 5.41) is 0. The molecule has 0 aromatic heterocycles. The van der Waals surface area contributed by atoms with Crippen molar-refractivity contribution in [3.05, 3.63) is 23.4 Å². The summed E-state index contributed by atoms with van der Waals surface area (Å²) in [4.78, 5) is 2.17. The molecule has 1 nitrogen and oxygen atoms in total. The van der Waals surface area contributed by atoms with Gasteiger partial charge in [0.15, 0.2) is 0 Å². The van der Waals surface area contributed by atoms with Crippen molar-refractivity contribution in [1.29, 1.82) is 0 Å². The fourth-order valence-corrected chi connectivity index (χ4v) is 1.30. The normalized spacial score (nSPS) is 17.9. The third-order valence-corrected chi connectivity index (χ3v) is 1.88. The molecule has 1 heteroatoms. The number of hydrogen-bond donors (Lipinski definition) is 0. The molecule has 0 heterocycles. The first-order valence-electron chi connectivity index (χ1n) is 3.75. The molecule has 0 amide bonds. The number of likely N-dealkylation sites (N-methyl/N-ethyl adjacent to an activating group) is 1. The second-order valence-electron chi connectivity index (χ2n) is 3.00. The van der Waals surface area contributed by atoms with Gasteiger partial charge in [-0.2, -0.15) is 0 Å². The molecule has 0 aromatic rings. The average Bonchev–Trinajstić information content (AvgIpc) is 1.88. The van der Waals surface area contributed by atoms with Gasteiger partial charge in [-0.15, -0.1) is 0 Å². The fraction of sp³-hybridized carbons (Fsp3) is 0.556. The number of hydrogen-bond acceptors (Lipinski definition) is 1. The van der Waals surface area contributed by atoms with Crippen molar-refractivity contribution < 1.29 is 0 Å². The highest BCUT2D eigenvalue weighted by Gasteiger charge is 2.03. The van der Waals surface area contributed by atoms with Gasteiger partial charge in [-0.25, -0.2) is 0 Å². The van der Waals surface area contributed by atoms with Crippen molar-refractivity contribution in [2.45, 2.75) is 19.8 Å². The molecular weight excluding hydrogens is 122 g/mol. The van der Waals surface area contributed by atoms with Crippen LogP contribution < -0.4 is 0 Å². The van der Waals surface area contributed by atoms with Crippen LogP contribution in [-0.2, 0) is 0 Å². The number of allylic oxidation sites excluding steroid dienone is 3. The van der Waals surface area contributed by atoms with Gasteiger partial charge in [0.2, 0.25) is 0 Å². The third-order valence-electron chi connectivity index (χ3n) is 1.88. The molecular formula is C9H15N. The Morgan fingerprint density at radius 3 is 2.50 bits per heavy atom. The first kappa shape index (κ1) is 7.39. The van der Waals surface area contributed by atoms with E-state index >= 15 is 0 Å². The van der Waals surface area contributed by atoms with E-state index in [0.29, 0.717) is 0 Å². The van der Waals surface area contributed by atoms with Crippen LogP contribution in [-0.4, -0.2) is 19.0 Å². The van der Waals surface area contributed by atoms with Crippen LogP contribution >= 0.6 is 0 Å². The minimum absolute atomic E-state index is 1.21. The Bertz CT molecular complexity index is 175. The lowest BCUT2D eigenvalue weighted by Gasteiger charge is -2.19. The summed E-state index contributed by atoms with van der Waals surface area (Å²) in [6.07, 6.45) is 6.88. The molecule has 0 unspecified atom stereocenters. The SMILES string of the molecule is CC1=C(N(C)C)C=CCC1. The molecule has 0 N–H and O–H groups in total. The summed E-state index contributed by atoms with van der Waals surface area (Å²) in [5.74, 6) is 0. The molecule has 56 valence electrons. The van der Waals surface area contributed by atoms with Gasteiger partial charge in [0.25, 0.3) is 0 Å². The van der Waals surface area contributed by atoms with Gasteiger partial charge in [-0.3, -0.25) is 0 Å². The van der Waals surface area contributed by atoms with E-state index in [-0.39, 0.29) is 0 Å². The van der Waals surface area contributed by atoms with Gasteiger partial charge in [-0.05, 0) is 31.4 Å². The van der Waals surface area contributed by atoms with E-state index < -0.39 is 0 Å². The van der Waals surface area contributed by atoms with Gasteiger partial charge < -0.3 is 4.90 Å². The Hall–Kier alpha value is -0.720. The molecule has 1 rings (SSSR count). The summed E-state index contributed by atoms with van der Waals surface area (Å²) in [7, 11) is 4.18. The van der Waals surface area contributed by atoms with E-state index in [2.05, 4.69) is 38.1 Å². The van der Waals surface area contributed by atoms with Crippen molar-refractivity contribution in [3.8, 4) is 0 Å². The first-order valence-corrected chi connectivity index (χ1v) is 3.75. The zero-order valence-electron chi connectivity index (χ0n) is 7.02.